The maximum Gasteiger partial charge on any atom is 0.303 e. The van der Waals surface area contributed by atoms with Gasteiger partial charge >= 0.3 is 5.97 Å². The molecule has 0 bridgehead atoms. The van der Waals surface area contributed by atoms with E-state index in [1.165, 1.54) is 27.1 Å². The molecule has 2 aromatic carbocycles. The number of nitrogen functional groups attached to an aromatic ring is 1. The van der Waals surface area contributed by atoms with Crippen LogP contribution in [0, 0.1) is 0 Å². The molecule has 0 unspecified atom stereocenters. The standard InChI is InChI=1S/C27H33N3O3S/c1-4-20-21-11-13-30(12-5-6-26(31)32)16-19(21)7-9-22(20)25-15-29-27(34-25)18-8-10-24(23(28)14-18)33-17(2)3/h7-10,14-15,17H,4-6,11-13,16,28H2,1-3H3,(H,31,32). The fraction of sp³-hybridized carbons (Fsp3) is 0.407. The summed E-state index contributed by atoms with van der Waals surface area (Å²) in [7, 11) is 0. The number of benzene rings is 2. The lowest BCUT2D eigenvalue weighted by Gasteiger charge is -2.30. The Bertz CT molecular complexity index is 1170. The quantitative estimate of drug-likeness (QED) is 0.387. The number of aromatic nitrogens is 1. The number of rotatable bonds is 9. The van der Waals surface area contributed by atoms with Crippen LogP contribution in [0.25, 0.3) is 21.0 Å². The smallest absolute Gasteiger partial charge is 0.303 e. The number of fused-ring (bicyclic) bond motifs is 1. The van der Waals surface area contributed by atoms with E-state index in [0.717, 1.165) is 43.0 Å². The van der Waals surface area contributed by atoms with Gasteiger partial charge in [0.2, 0.25) is 0 Å². The van der Waals surface area contributed by atoms with Crippen molar-refractivity contribution in [1.82, 2.24) is 9.88 Å². The highest BCUT2D eigenvalue weighted by Gasteiger charge is 2.21. The van der Waals surface area contributed by atoms with Crippen LogP contribution in [0.3, 0.4) is 0 Å². The molecule has 7 heteroatoms. The van der Waals surface area contributed by atoms with Crippen LogP contribution in [0.2, 0.25) is 0 Å². The lowest BCUT2D eigenvalue weighted by Crippen LogP contribution is -2.32. The number of aliphatic carboxylic acids is 1. The fourth-order valence-corrected chi connectivity index (χ4v) is 5.61. The number of anilines is 1. The first-order valence-corrected chi connectivity index (χ1v) is 12.8. The van der Waals surface area contributed by atoms with Crippen molar-refractivity contribution in [3.8, 4) is 26.8 Å². The highest BCUT2D eigenvalue weighted by atomic mass is 32.1. The van der Waals surface area contributed by atoms with Crippen molar-refractivity contribution in [2.24, 2.45) is 0 Å². The number of nitrogens with zero attached hydrogens (tertiary/aromatic N) is 2. The molecule has 3 aromatic rings. The first kappa shape index (κ1) is 24.2. The minimum absolute atomic E-state index is 0.0768. The van der Waals surface area contributed by atoms with Crippen molar-refractivity contribution in [2.45, 2.75) is 59.1 Å². The summed E-state index contributed by atoms with van der Waals surface area (Å²) < 4.78 is 5.76. The number of carboxylic acids is 1. The number of hydrogen-bond acceptors (Lipinski definition) is 6. The lowest BCUT2D eigenvalue weighted by atomic mass is 9.89. The molecule has 0 radical (unpaired) electrons. The Kier molecular flexibility index (Phi) is 7.54. The Morgan fingerprint density at radius 2 is 2.12 bits per heavy atom. The molecule has 0 spiro atoms. The van der Waals surface area contributed by atoms with Crippen molar-refractivity contribution in [3.63, 3.8) is 0 Å². The third-order valence-corrected chi connectivity index (χ3v) is 7.29. The Labute approximate surface area is 205 Å². The molecule has 0 saturated carbocycles. The van der Waals surface area contributed by atoms with Crippen LogP contribution >= 0.6 is 11.3 Å². The van der Waals surface area contributed by atoms with Gasteiger partial charge in [-0.1, -0.05) is 19.1 Å². The zero-order chi connectivity index (χ0) is 24.2. The van der Waals surface area contributed by atoms with Crippen molar-refractivity contribution < 1.29 is 14.6 Å². The van der Waals surface area contributed by atoms with Gasteiger partial charge in [0.05, 0.1) is 16.7 Å². The summed E-state index contributed by atoms with van der Waals surface area (Å²) in [6.07, 6.45) is 4.94. The molecular weight excluding hydrogens is 446 g/mol. The Hall–Kier alpha value is -2.90. The predicted octanol–water partition coefficient (Wildman–Crippen LogP) is 5.63. The van der Waals surface area contributed by atoms with Crippen molar-refractivity contribution in [2.75, 3.05) is 18.8 Å². The van der Waals surface area contributed by atoms with E-state index < -0.39 is 5.97 Å². The average Bonchev–Trinajstić information content (AvgIpc) is 3.29. The van der Waals surface area contributed by atoms with Gasteiger partial charge in [0.25, 0.3) is 0 Å². The molecule has 4 rings (SSSR count). The largest absolute Gasteiger partial charge is 0.489 e. The minimum atomic E-state index is -0.721. The molecular formula is C27H33N3O3S. The summed E-state index contributed by atoms with van der Waals surface area (Å²) in [6, 6.07) is 10.3. The molecule has 0 fully saturated rings. The van der Waals surface area contributed by atoms with E-state index in [1.54, 1.807) is 11.3 Å². The maximum atomic E-state index is 10.8. The van der Waals surface area contributed by atoms with Crippen LogP contribution in [0.4, 0.5) is 5.69 Å². The summed E-state index contributed by atoms with van der Waals surface area (Å²) in [6.45, 7) is 8.88. The van der Waals surface area contributed by atoms with Crippen molar-refractivity contribution in [3.05, 3.63) is 53.2 Å². The van der Waals surface area contributed by atoms with E-state index in [4.69, 9.17) is 20.6 Å². The zero-order valence-electron chi connectivity index (χ0n) is 20.1. The SMILES string of the molecule is CCc1c(-c2cnc(-c3ccc(OC(C)C)c(N)c3)s2)ccc2c1CCN(CCCC(=O)O)C2. The van der Waals surface area contributed by atoms with Crippen LogP contribution in [-0.2, 0) is 24.2 Å². The summed E-state index contributed by atoms with van der Waals surface area (Å²) in [5.41, 5.74) is 13.3. The number of hydrogen-bond donors (Lipinski definition) is 2. The summed E-state index contributed by atoms with van der Waals surface area (Å²) in [5.74, 6) is -0.0164. The highest BCUT2D eigenvalue weighted by molar-refractivity contribution is 7.18. The van der Waals surface area contributed by atoms with Crippen LogP contribution in [0.1, 0.15) is 50.3 Å². The summed E-state index contributed by atoms with van der Waals surface area (Å²) in [4.78, 5) is 19.1. The second-order valence-electron chi connectivity index (χ2n) is 9.06. The predicted molar refractivity (Wildman–Crippen MR) is 138 cm³/mol. The van der Waals surface area contributed by atoms with E-state index in [2.05, 4.69) is 24.0 Å². The molecule has 6 nitrogen and oxygen atoms in total. The molecule has 3 N–H and O–H groups in total. The van der Waals surface area contributed by atoms with E-state index in [0.29, 0.717) is 17.9 Å². The first-order chi connectivity index (χ1) is 16.4. The number of thiazole rings is 1. The van der Waals surface area contributed by atoms with Gasteiger partial charge in [0.15, 0.2) is 0 Å². The van der Waals surface area contributed by atoms with Crippen molar-refractivity contribution in [1.29, 1.82) is 0 Å². The van der Waals surface area contributed by atoms with Crippen LogP contribution in [-0.4, -0.2) is 40.2 Å². The van der Waals surface area contributed by atoms with Crippen molar-refractivity contribution >= 4 is 23.0 Å². The van der Waals surface area contributed by atoms with E-state index >= 15 is 0 Å². The van der Waals surface area contributed by atoms with Gasteiger partial charge in [-0.2, -0.15) is 0 Å². The minimum Gasteiger partial charge on any atom is -0.489 e. The molecule has 0 saturated heterocycles. The molecule has 0 amide bonds. The van der Waals surface area contributed by atoms with Gasteiger partial charge in [0, 0.05) is 31.3 Å². The molecule has 0 atom stereocenters. The first-order valence-electron chi connectivity index (χ1n) is 12.0. The van der Waals surface area contributed by atoms with Gasteiger partial charge in [-0.15, -0.1) is 11.3 Å². The van der Waals surface area contributed by atoms with E-state index in [9.17, 15) is 4.79 Å². The number of ether oxygens (including phenoxy) is 1. The number of nitrogens with two attached hydrogens (primary N) is 1. The topological polar surface area (TPSA) is 88.7 Å². The molecule has 34 heavy (non-hydrogen) atoms. The highest BCUT2D eigenvalue weighted by Crippen LogP contribution is 2.38. The second kappa shape index (κ2) is 10.6. The molecule has 1 aromatic heterocycles. The summed E-state index contributed by atoms with van der Waals surface area (Å²) >= 11 is 1.69. The van der Waals surface area contributed by atoms with Crippen LogP contribution in [0.5, 0.6) is 5.75 Å². The number of carboxylic acid groups (broad SMARTS) is 1. The molecule has 2 heterocycles. The Balaban J connectivity index is 1.55. The lowest BCUT2D eigenvalue weighted by molar-refractivity contribution is -0.137. The monoisotopic (exact) mass is 479 g/mol. The van der Waals surface area contributed by atoms with E-state index in [-0.39, 0.29) is 12.5 Å². The van der Waals surface area contributed by atoms with E-state index in [1.807, 2.05) is 38.2 Å². The molecule has 1 aliphatic heterocycles. The average molecular weight is 480 g/mol. The Morgan fingerprint density at radius 3 is 2.82 bits per heavy atom. The third kappa shape index (κ3) is 5.42. The number of carbonyl (C=O) groups is 1. The zero-order valence-corrected chi connectivity index (χ0v) is 21.0. The van der Waals surface area contributed by atoms with Gasteiger partial charge in [0.1, 0.15) is 10.8 Å². The fourth-order valence-electron chi connectivity index (χ4n) is 4.65. The van der Waals surface area contributed by atoms with Gasteiger partial charge in [-0.3, -0.25) is 9.69 Å². The summed E-state index contributed by atoms with van der Waals surface area (Å²) in [5, 5.41) is 9.85. The molecule has 0 aliphatic carbocycles. The van der Waals surface area contributed by atoms with Crippen LogP contribution < -0.4 is 10.5 Å². The second-order valence-corrected chi connectivity index (χ2v) is 10.1. The molecule has 180 valence electrons. The van der Waals surface area contributed by atoms with Gasteiger partial charge in [-0.05, 0) is 80.1 Å². The molecule has 1 aliphatic rings. The van der Waals surface area contributed by atoms with Gasteiger partial charge < -0.3 is 15.6 Å². The Morgan fingerprint density at radius 1 is 1.29 bits per heavy atom. The maximum absolute atomic E-state index is 10.8. The normalized spacial score (nSPS) is 13.8. The van der Waals surface area contributed by atoms with Crippen LogP contribution in [0.15, 0.2) is 36.5 Å². The third-order valence-electron chi connectivity index (χ3n) is 6.21. The van der Waals surface area contributed by atoms with Gasteiger partial charge in [-0.25, -0.2) is 4.98 Å².